The van der Waals surface area contributed by atoms with Crippen molar-refractivity contribution in [1.82, 2.24) is 0 Å². The van der Waals surface area contributed by atoms with Gasteiger partial charge in [0.2, 0.25) is 0 Å². The molecule has 0 aliphatic carbocycles. The van der Waals surface area contributed by atoms with E-state index in [1.807, 2.05) is 0 Å². The van der Waals surface area contributed by atoms with Crippen molar-refractivity contribution in [3.05, 3.63) is 218 Å². The molecule has 0 radical (unpaired) electrons. The molecule has 0 spiro atoms. The van der Waals surface area contributed by atoms with Crippen LogP contribution in [-0.2, 0) is 0 Å². The van der Waals surface area contributed by atoms with Gasteiger partial charge < -0.3 is 4.42 Å². The molecule has 13 aromatic carbocycles. The summed E-state index contributed by atoms with van der Waals surface area (Å²) >= 11 is 0. The topological polar surface area (TPSA) is 13.1 Å². The van der Waals surface area contributed by atoms with Gasteiger partial charge in [-0.2, -0.15) is 0 Å². The Hall–Kier alpha value is -8.26. The van der Waals surface area contributed by atoms with Crippen LogP contribution in [-0.4, -0.2) is 0 Å². The van der Waals surface area contributed by atoms with Gasteiger partial charge >= 0.3 is 0 Å². The van der Waals surface area contributed by atoms with Crippen LogP contribution >= 0.6 is 0 Å². The molecular weight excluding hydrogens is 761 g/mol. The van der Waals surface area contributed by atoms with Crippen LogP contribution in [0.5, 0.6) is 0 Å². The lowest BCUT2D eigenvalue weighted by molar-refractivity contribution is 0.674. The normalized spacial score (nSPS) is 12.1. The van der Waals surface area contributed by atoms with Crippen molar-refractivity contribution in [2.75, 3.05) is 0 Å². The molecule has 0 amide bonds. The van der Waals surface area contributed by atoms with Gasteiger partial charge in [0, 0.05) is 21.7 Å². The van der Waals surface area contributed by atoms with Gasteiger partial charge in [-0.25, -0.2) is 0 Å². The molecule has 1 aromatic heterocycles. The van der Waals surface area contributed by atoms with Gasteiger partial charge in [-0.15, -0.1) is 0 Å². The minimum absolute atomic E-state index is 0.912. The van der Waals surface area contributed by atoms with Crippen molar-refractivity contribution in [3.8, 4) is 44.5 Å². The maximum absolute atomic E-state index is 7.18. The van der Waals surface area contributed by atoms with E-state index >= 15 is 0 Å². The molecule has 0 aliphatic heterocycles. The molecule has 0 unspecified atom stereocenters. The predicted molar refractivity (Wildman–Crippen MR) is 269 cm³/mol. The molecule has 63 heavy (non-hydrogen) atoms. The SMILES string of the molecule is c1ccc(-c2ccc3ccc4c(-c5ccc(-c6ccc(-c7cc8ccc9ccccc9c8c8ccccc78)c7oc8c9ccccc9ccc8c67)cc5)ccc5ccc2c3c54)cc1. The van der Waals surface area contributed by atoms with E-state index in [0.29, 0.717) is 0 Å². The Morgan fingerprint density at radius 2 is 0.683 bits per heavy atom. The lowest BCUT2D eigenvalue weighted by Crippen LogP contribution is -1.90. The summed E-state index contributed by atoms with van der Waals surface area (Å²) in [6.07, 6.45) is 0. The van der Waals surface area contributed by atoms with Gasteiger partial charge in [0.05, 0.1) is 0 Å². The van der Waals surface area contributed by atoms with Gasteiger partial charge in [0.25, 0.3) is 0 Å². The molecule has 14 rings (SSSR count). The molecule has 14 aromatic rings. The zero-order valence-electron chi connectivity index (χ0n) is 34.2. The van der Waals surface area contributed by atoms with E-state index in [4.69, 9.17) is 4.42 Å². The fourth-order valence-corrected chi connectivity index (χ4v) is 10.9. The van der Waals surface area contributed by atoms with Crippen LogP contribution in [0.15, 0.2) is 223 Å². The number of hydrogen-bond acceptors (Lipinski definition) is 1. The van der Waals surface area contributed by atoms with Crippen LogP contribution in [0.1, 0.15) is 0 Å². The van der Waals surface area contributed by atoms with E-state index in [-0.39, 0.29) is 0 Å². The van der Waals surface area contributed by atoms with E-state index in [2.05, 4.69) is 218 Å². The first-order valence-corrected chi connectivity index (χ1v) is 21.8. The summed E-state index contributed by atoms with van der Waals surface area (Å²) in [4.78, 5) is 0. The van der Waals surface area contributed by atoms with Crippen LogP contribution in [0.2, 0.25) is 0 Å². The molecule has 0 atom stereocenters. The van der Waals surface area contributed by atoms with Gasteiger partial charge in [-0.3, -0.25) is 0 Å². The average molecular weight is 797 g/mol. The maximum atomic E-state index is 7.18. The Bertz CT molecular complexity index is 4170. The molecule has 1 nitrogen and oxygen atoms in total. The van der Waals surface area contributed by atoms with Crippen LogP contribution in [0.25, 0.3) is 142 Å². The maximum Gasteiger partial charge on any atom is 0.143 e. The Morgan fingerprint density at radius 1 is 0.206 bits per heavy atom. The van der Waals surface area contributed by atoms with E-state index in [0.717, 1.165) is 44.0 Å². The number of benzene rings is 13. The summed E-state index contributed by atoms with van der Waals surface area (Å²) in [5, 5.41) is 19.8. The van der Waals surface area contributed by atoms with Crippen molar-refractivity contribution in [2.24, 2.45) is 0 Å². The van der Waals surface area contributed by atoms with Gasteiger partial charge in [0.1, 0.15) is 11.2 Å². The highest BCUT2D eigenvalue weighted by atomic mass is 16.3. The Balaban J connectivity index is 0.966. The summed E-state index contributed by atoms with van der Waals surface area (Å²) in [5.74, 6) is 0. The Labute approximate surface area is 363 Å². The fourth-order valence-electron chi connectivity index (χ4n) is 10.9. The quantitative estimate of drug-likeness (QED) is 0.162. The number of furan rings is 1. The highest BCUT2D eigenvalue weighted by Gasteiger charge is 2.22. The number of fused-ring (bicyclic) bond motifs is 10. The monoisotopic (exact) mass is 796 g/mol. The number of rotatable bonds is 4. The minimum atomic E-state index is 0.912. The summed E-state index contributed by atoms with van der Waals surface area (Å²) < 4.78 is 7.18. The predicted octanol–water partition coefficient (Wildman–Crippen LogP) is 17.8. The second kappa shape index (κ2) is 13.1. The minimum Gasteiger partial charge on any atom is -0.455 e. The van der Waals surface area contributed by atoms with E-state index in [1.165, 1.54) is 97.8 Å². The Morgan fingerprint density at radius 3 is 1.40 bits per heavy atom. The van der Waals surface area contributed by atoms with Gasteiger partial charge in [0.15, 0.2) is 0 Å². The third kappa shape index (κ3) is 4.99. The van der Waals surface area contributed by atoms with E-state index < -0.39 is 0 Å². The molecule has 0 N–H and O–H groups in total. The van der Waals surface area contributed by atoms with Crippen molar-refractivity contribution < 1.29 is 4.42 Å². The van der Waals surface area contributed by atoms with E-state index in [1.54, 1.807) is 0 Å². The van der Waals surface area contributed by atoms with Crippen LogP contribution in [0.3, 0.4) is 0 Å². The summed E-state index contributed by atoms with van der Waals surface area (Å²) in [5.41, 5.74) is 11.4. The van der Waals surface area contributed by atoms with Crippen molar-refractivity contribution in [1.29, 1.82) is 0 Å². The molecule has 0 aliphatic rings. The van der Waals surface area contributed by atoms with Crippen molar-refractivity contribution in [2.45, 2.75) is 0 Å². The molecular formula is C62H36O. The standard InChI is InChI=1S/C62H36O/c1-2-10-37(11-3-1)45-29-25-42-28-32-53-46(30-26-43-27-31-52(45)58(42)59(43)53)40-18-20-41(21-19-40)48-34-35-54(62-60(48)55-33-24-39-13-5-7-15-49(39)61(55)63-62)56-36-44-23-22-38-12-4-6-14-47(38)57(44)51-17-9-8-16-50(51)56/h1-36H. The second-order valence-electron chi connectivity index (χ2n) is 17.1. The third-order valence-electron chi connectivity index (χ3n) is 13.8. The lowest BCUT2D eigenvalue weighted by Gasteiger charge is -2.17. The van der Waals surface area contributed by atoms with Crippen molar-refractivity contribution in [3.63, 3.8) is 0 Å². The molecule has 0 fully saturated rings. The molecule has 1 heteroatoms. The first-order valence-electron chi connectivity index (χ1n) is 21.8. The molecule has 0 saturated heterocycles. The van der Waals surface area contributed by atoms with Crippen LogP contribution < -0.4 is 0 Å². The smallest absolute Gasteiger partial charge is 0.143 e. The molecule has 0 saturated carbocycles. The summed E-state index contributed by atoms with van der Waals surface area (Å²) in [7, 11) is 0. The fraction of sp³-hybridized carbons (Fsp3) is 0. The van der Waals surface area contributed by atoms with E-state index in [9.17, 15) is 0 Å². The third-order valence-corrected chi connectivity index (χ3v) is 13.8. The van der Waals surface area contributed by atoms with Crippen LogP contribution in [0.4, 0.5) is 0 Å². The Kier molecular flexibility index (Phi) is 7.17. The van der Waals surface area contributed by atoms with Crippen molar-refractivity contribution >= 4 is 97.3 Å². The van der Waals surface area contributed by atoms with Gasteiger partial charge in [-0.1, -0.05) is 200 Å². The zero-order valence-corrected chi connectivity index (χ0v) is 34.2. The molecule has 1 heterocycles. The highest BCUT2D eigenvalue weighted by Crippen LogP contribution is 2.48. The van der Waals surface area contributed by atoms with Gasteiger partial charge in [-0.05, 0) is 127 Å². The summed E-state index contributed by atoms with van der Waals surface area (Å²) in [6, 6.07) is 80.4. The van der Waals surface area contributed by atoms with Crippen LogP contribution in [0, 0.1) is 0 Å². The largest absolute Gasteiger partial charge is 0.455 e. The first kappa shape index (κ1) is 34.5. The first-order chi connectivity index (χ1) is 31.2. The second-order valence-corrected chi connectivity index (χ2v) is 17.1. The molecule has 0 bridgehead atoms. The highest BCUT2D eigenvalue weighted by molar-refractivity contribution is 6.29. The summed E-state index contributed by atoms with van der Waals surface area (Å²) in [6.45, 7) is 0. The average Bonchev–Trinajstić information content (AvgIpc) is 3.76. The number of hydrogen-bond donors (Lipinski definition) is 0. The lowest BCUT2D eigenvalue weighted by atomic mass is 9.87. The molecule has 290 valence electrons. The zero-order chi connectivity index (χ0) is 41.2.